The minimum Gasteiger partial charge on any atom is -0.453 e. The molecule has 2 heterocycles. The van der Waals surface area contributed by atoms with Gasteiger partial charge in [0.2, 0.25) is 11.7 Å². The van der Waals surface area contributed by atoms with Crippen molar-refractivity contribution < 1.29 is 23.9 Å². The van der Waals surface area contributed by atoms with E-state index < -0.39 is 24.5 Å². The standard InChI is InChI=1S/C20H19N3O5S/c1-12(19(26)14-9-21-15-6-3-2-5-13(14)15)28-18(25)11-22-17(24)10-23-20(27)16-7-4-8-29-16/h2-9,12,21H,10-11H2,1H3,(H,22,24)(H,23,27)/t12-/m0/s1. The summed E-state index contributed by atoms with van der Waals surface area (Å²) in [6.45, 7) is 0.804. The van der Waals surface area contributed by atoms with Crippen molar-refractivity contribution in [2.24, 2.45) is 0 Å². The summed E-state index contributed by atoms with van der Waals surface area (Å²) in [5, 5.41) is 7.30. The number of aromatic amines is 1. The first-order chi connectivity index (χ1) is 14.0. The summed E-state index contributed by atoms with van der Waals surface area (Å²) in [4.78, 5) is 51.5. The number of aromatic nitrogens is 1. The van der Waals surface area contributed by atoms with Crippen molar-refractivity contribution in [1.82, 2.24) is 15.6 Å². The van der Waals surface area contributed by atoms with Crippen molar-refractivity contribution in [3.05, 3.63) is 58.4 Å². The minimum atomic E-state index is -1.00. The highest BCUT2D eigenvalue weighted by Crippen LogP contribution is 2.19. The van der Waals surface area contributed by atoms with Gasteiger partial charge >= 0.3 is 5.97 Å². The zero-order valence-electron chi connectivity index (χ0n) is 15.6. The molecule has 29 heavy (non-hydrogen) atoms. The van der Waals surface area contributed by atoms with Crippen LogP contribution in [-0.4, -0.2) is 47.7 Å². The molecule has 0 bridgehead atoms. The average molecular weight is 413 g/mol. The van der Waals surface area contributed by atoms with Gasteiger partial charge in [0.15, 0.2) is 6.10 Å². The van der Waals surface area contributed by atoms with E-state index in [0.29, 0.717) is 10.4 Å². The van der Waals surface area contributed by atoms with Gasteiger partial charge in [0, 0.05) is 22.7 Å². The molecule has 0 aliphatic heterocycles. The number of carbonyl (C=O) groups is 4. The molecule has 0 unspecified atom stereocenters. The maximum absolute atomic E-state index is 12.6. The number of amides is 2. The highest BCUT2D eigenvalue weighted by molar-refractivity contribution is 7.12. The lowest BCUT2D eigenvalue weighted by Crippen LogP contribution is -2.40. The van der Waals surface area contributed by atoms with Crippen molar-refractivity contribution in [3.8, 4) is 0 Å². The molecule has 150 valence electrons. The van der Waals surface area contributed by atoms with Gasteiger partial charge < -0.3 is 20.4 Å². The Kier molecular flexibility index (Phi) is 6.40. The van der Waals surface area contributed by atoms with Gasteiger partial charge in [-0.2, -0.15) is 0 Å². The van der Waals surface area contributed by atoms with Crippen LogP contribution in [0.5, 0.6) is 0 Å². The summed E-state index contributed by atoms with van der Waals surface area (Å²) in [5.41, 5.74) is 1.24. The topological polar surface area (TPSA) is 117 Å². The molecule has 2 aromatic heterocycles. The highest BCUT2D eigenvalue weighted by atomic mass is 32.1. The Bertz CT molecular complexity index is 1040. The van der Waals surface area contributed by atoms with Gasteiger partial charge in [0.25, 0.3) is 5.91 Å². The summed E-state index contributed by atoms with van der Waals surface area (Å²) >= 11 is 1.26. The van der Waals surface area contributed by atoms with Gasteiger partial charge in [0.05, 0.1) is 11.4 Å². The van der Waals surface area contributed by atoms with Crippen LogP contribution in [0.1, 0.15) is 27.0 Å². The number of benzene rings is 1. The Hall–Kier alpha value is -3.46. The number of carbonyl (C=O) groups excluding carboxylic acids is 4. The van der Waals surface area contributed by atoms with E-state index in [2.05, 4.69) is 15.6 Å². The van der Waals surface area contributed by atoms with Gasteiger partial charge in [-0.25, -0.2) is 0 Å². The molecule has 0 fully saturated rings. The van der Waals surface area contributed by atoms with Crippen LogP contribution in [0, 0.1) is 0 Å². The number of nitrogens with one attached hydrogen (secondary N) is 3. The fraction of sp³-hybridized carbons (Fsp3) is 0.200. The Morgan fingerprint density at radius 3 is 2.62 bits per heavy atom. The van der Waals surface area contributed by atoms with Crippen LogP contribution in [0.4, 0.5) is 0 Å². The Labute approximate surface area is 170 Å². The molecule has 9 heteroatoms. The number of fused-ring (bicyclic) bond motifs is 1. The van der Waals surface area contributed by atoms with Crippen LogP contribution < -0.4 is 10.6 Å². The molecule has 0 radical (unpaired) electrons. The second-order valence-corrected chi connectivity index (χ2v) is 7.13. The zero-order valence-corrected chi connectivity index (χ0v) is 16.4. The number of esters is 1. The predicted molar refractivity (Wildman–Crippen MR) is 108 cm³/mol. The molecule has 8 nitrogen and oxygen atoms in total. The molecule has 1 aromatic carbocycles. The molecular weight excluding hydrogens is 394 g/mol. The number of thiophene rings is 1. The van der Waals surface area contributed by atoms with E-state index in [1.54, 1.807) is 29.8 Å². The van der Waals surface area contributed by atoms with E-state index in [4.69, 9.17) is 4.74 Å². The van der Waals surface area contributed by atoms with Gasteiger partial charge in [-0.05, 0) is 24.4 Å². The number of Topliss-reactive ketones (excluding diaryl/α,β-unsaturated/α-hetero) is 1. The first-order valence-corrected chi connectivity index (χ1v) is 9.72. The van der Waals surface area contributed by atoms with E-state index in [-0.39, 0.29) is 18.2 Å². The van der Waals surface area contributed by atoms with Crippen LogP contribution in [0.3, 0.4) is 0 Å². The van der Waals surface area contributed by atoms with Crippen molar-refractivity contribution >= 4 is 45.8 Å². The second-order valence-electron chi connectivity index (χ2n) is 6.18. The van der Waals surface area contributed by atoms with Crippen LogP contribution in [0.15, 0.2) is 48.0 Å². The number of hydrogen-bond donors (Lipinski definition) is 3. The average Bonchev–Trinajstić information content (AvgIpc) is 3.39. The Balaban J connectivity index is 1.44. The highest BCUT2D eigenvalue weighted by Gasteiger charge is 2.22. The monoisotopic (exact) mass is 413 g/mol. The number of para-hydroxylation sites is 1. The Morgan fingerprint density at radius 1 is 1.07 bits per heavy atom. The quantitative estimate of drug-likeness (QED) is 0.385. The van der Waals surface area contributed by atoms with E-state index >= 15 is 0 Å². The number of rotatable bonds is 8. The van der Waals surface area contributed by atoms with E-state index in [0.717, 1.165) is 10.9 Å². The smallest absolute Gasteiger partial charge is 0.326 e. The largest absolute Gasteiger partial charge is 0.453 e. The fourth-order valence-electron chi connectivity index (χ4n) is 2.68. The van der Waals surface area contributed by atoms with Crippen LogP contribution in [-0.2, 0) is 14.3 Å². The van der Waals surface area contributed by atoms with E-state index in [9.17, 15) is 19.2 Å². The summed E-state index contributed by atoms with van der Waals surface area (Å²) in [7, 11) is 0. The normalized spacial score (nSPS) is 11.6. The van der Waals surface area contributed by atoms with Gasteiger partial charge in [-0.3, -0.25) is 19.2 Å². The maximum atomic E-state index is 12.6. The summed E-state index contributed by atoms with van der Waals surface area (Å²) in [6, 6.07) is 10.7. The molecule has 3 aromatic rings. The molecule has 0 saturated carbocycles. The van der Waals surface area contributed by atoms with Crippen LogP contribution in [0.2, 0.25) is 0 Å². The predicted octanol–water partition coefficient (Wildman–Crippen LogP) is 1.89. The third-order valence-electron chi connectivity index (χ3n) is 4.12. The summed E-state index contributed by atoms with van der Waals surface area (Å²) < 4.78 is 5.12. The lowest BCUT2D eigenvalue weighted by atomic mass is 10.1. The van der Waals surface area contributed by atoms with E-state index in [1.807, 2.05) is 18.2 Å². The SMILES string of the molecule is C[C@H](OC(=O)CNC(=O)CNC(=O)c1cccs1)C(=O)c1c[nH]c2ccccc12. The number of ether oxygens (including phenoxy) is 1. The van der Waals surface area contributed by atoms with E-state index in [1.165, 1.54) is 18.3 Å². The third kappa shape index (κ3) is 5.08. The summed E-state index contributed by atoms with van der Waals surface area (Å²) in [6.07, 6.45) is 0.576. The van der Waals surface area contributed by atoms with Gasteiger partial charge in [0.1, 0.15) is 6.54 Å². The number of hydrogen-bond acceptors (Lipinski definition) is 6. The van der Waals surface area contributed by atoms with Crippen molar-refractivity contribution in [2.75, 3.05) is 13.1 Å². The number of H-pyrrole nitrogens is 1. The second kappa shape index (κ2) is 9.16. The first-order valence-electron chi connectivity index (χ1n) is 8.84. The number of ketones is 1. The molecule has 0 aliphatic rings. The van der Waals surface area contributed by atoms with Crippen LogP contribution >= 0.6 is 11.3 Å². The molecule has 0 saturated heterocycles. The lowest BCUT2D eigenvalue weighted by Gasteiger charge is -2.12. The van der Waals surface area contributed by atoms with Gasteiger partial charge in [-0.1, -0.05) is 24.3 Å². The molecule has 0 spiro atoms. The minimum absolute atomic E-state index is 0.270. The van der Waals surface area contributed by atoms with Crippen molar-refractivity contribution in [2.45, 2.75) is 13.0 Å². The molecule has 3 rings (SSSR count). The lowest BCUT2D eigenvalue weighted by molar-refractivity contribution is -0.146. The first kappa shape index (κ1) is 20.3. The van der Waals surface area contributed by atoms with Crippen molar-refractivity contribution in [3.63, 3.8) is 0 Å². The van der Waals surface area contributed by atoms with Crippen LogP contribution in [0.25, 0.3) is 10.9 Å². The molecule has 0 aliphatic carbocycles. The molecular formula is C20H19N3O5S. The molecule has 3 N–H and O–H groups in total. The fourth-order valence-corrected chi connectivity index (χ4v) is 3.32. The van der Waals surface area contributed by atoms with Gasteiger partial charge in [-0.15, -0.1) is 11.3 Å². The third-order valence-corrected chi connectivity index (χ3v) is 4.99. The maximum Gasteiger partial charge on any atom is 0.326 e. The Morgan fingerprint density at radius 2 is 1.86 bits per heavy atom. The zero-order chi connectivity index (χ0) is 20.8. The summed E-state index contributed by atoms with van der Waals surface area (Å²) in [5.74, 6) is -1.99. The molecule has 2 amide bonds. The van der Waals surface area contributed by atoms with Crippen molar-refractivity contribution in [1.29, 1.82) is 0 Å². The molecule has 1 atom stereocenters.